The predicted molar refractivity (Wildman–Crippen MR) is 263 cm³/mol. The van der Waals surface area contributed by atoms with Gasteiger partial charge >= 0.3 is 0 Å². The molecular formula is C60H42N2. The molecule has 0 fully saturated rings. The smallest absolute Gasteiger partial charge is 0.0541 e. The minimum Gasteiger partial charge on any atom is -0.311 e. The van der Waals surface area contributed by atoms with E-state index in [9.17, 15) is 0 Å². The highest BCUT2D eigenvalue weighted by atomic mass is 15.1. The average Bonchev–Trinajstić information content (AvgIpc) is 3.69. The first-order valence-electron chi connectivity index (χ1n) is 21.2. The van der Waals surface area contributed by atoms with Gasteiger partial charge in [-0.3, -0.25) is 0 Å². The van der Waals surface area contributed by atoms with Crippen molar-refractivity contribution in [1.82, 2.24) is 4.57 Å². The Morgan fingerprint density at radius 1 is 0.226 bits per heavy atom. The van der Waals surface area contributed by atoms with Crippen LogP contribution in [-0.2, 0) is 0 Å². The number of nitrogens with zero attached hydrogens (tertiary/aromatic N) is 2. The molecule has 11 rings (SSSR count). The van der Waals surface area contributed by atoms with Gasteiger partial charge in [0.15, 0.2) is 0 Å². The largest absolute Gasteiger partial charge is 0.311 e. The van der Waals surface area contributed by atoms with Crippen molar-refractivity contribution in [2.45, 2.75) is 0 Å². The third-order valence-corrected chi connectivity index (χ3v) is 12.0. The summed E-state index contributed by atoms with van der Waals surface area (Å²) in [5.41, 5.74) is 18.9. The first-order valence-corrected chi connectivity index (χ1v) is 21.2. The summed E-state index contributed by atoms with van der Waals surface area (Å²) in [6.07, 6.45) is 0. The quantitative estimate of drug-likeness (QED) is 0.141. The van der Waals surface area contributed by atoms with Crippen molar-refractivity contribution in [2.24, 2.45) is 0 Å². The highest BCUT2D eigenvalue weighted by Gasteiger charge is 2.16. The monoisotopic (exact) mass is 790 g/mol. The Balaban J connectivity index is 0.878. The van der Waals surface area contributed by atoms with Crippen molar-refractivity contribution < 1.29 is 0 Å². The number of hydrogen-bond donors (Lipinski definition) is 0. The SMILES string of the molecule is c1ccc(-c2ccc(N(c3ccccc3)c3ccc(-c4ccc(-c5ccc(-n6c7ccc(-c8ccccc8)cc7c7cc(-c8ccccc8)ccc76)cc5)cc4)cc3)cc2)cc1. The van der Waals surface area contributed by atoms with Crippen molar-refractivity contribution in [1.29, 1.82) is 0 Å². The van der Waals surface area contributed by atoms with Crippen molar-refractivity contribution in [3.63, 3.8) is 0 Å². The summed E-state index contributed by atoms with van der Waals surface area (Å²) in [5, 5.41) is 2.49. The van der Waals surface area contributed by atoms with E-state index in [4.69, 9.17) is 0 Å². The topological polar surface area (TPSA) is 8.17 Å². The molecule has 0 radical (unpaired) electrons. The van der Waals surface area contributed by atoms with E-state index in [-0.39, 0.29) is 0 Å². The second-order valence-electron chi connectivity index (χ2n) is 15.8. The molecule has 0 unspecified atom stereocenters. The summed E-state index contributed by atoms with van der Waals surface area (Å²) in [6, 6.07) is 91.9. The molecule has 0 amide bonds. The van der Waals surface area contributed by atoms with E-state index in [1.807, 2.05) is 0 Å². The second kappa shape index (κ2) is 16.1. The van der Waals surface area contributed by atoms with Crippen LogP contribution >= 0.6 is 0 Å². The third kappa shape index (κ3) is 7.04. The highest BCUT2D eigenvalue weighted by Crippen LogP contribution is 2.39. The molecule has 0 aliphatic rings. The molecule has 0 spiro atoms. The van der Waals surface area contributed by atoms with Gasteiger partial charge in [0.25, 0.3) is 0 Å². The van der Waals surface area contributed by atoms with Crippen molar-refractivity contribution in [3.05, 3.63) is 255 Å². The van der Waals surface area contributed by atoms with E-state index < -0.39 is 0 Å². The van der Waals surface area contributed by atoms with Gasteiger partial charge in [0.05, 0.1) is 11.0 Å². The molecule has 0 aliphatic carbocycles. The van der Waals surface area contributed by atoms with E-state index in [2.05, 4.69) is 264 Å². The molecule has 292 valence electrons. The Bertz CT molecular complexity index is 3170. The molecule has 0 aliphatic heterocycles. The van der Waals surface area contributed by atoms with Crippen LogP contribution in [0.3, 0.4) is 0 Å². The average molecular weight is 791 g/mol. The van der Waals surface area contributed by atoms with Crippen molar-refractivity contribution in [3.8, 4) is 61.3 Å². The second-order valence-corrected chi connectivity index (χ2v) is 15.8. The number of fused-ring (bicyclic) bond motifs is 3. The standard InChI is InChI=1S/C60H42N2/c1-5-13-43(14-6-1)48-25-33-54(34-26-48)61(53-19-11-4-12-20-53)55-35-27-49(28-36-55)46-21-23-47(24-22-46)50-29-37-56(38-30-50)62-59-39-31-51(44-15-7-2-8-16-44)41-57(59)58-42-52(32-40-60(58)62)45-17-9-3-10-18-45/h1-42H. The van der Waals surface area contributed by atoms with Crippen LogP contribution in [-0.4, -0.2) is 4.57 Å². The summed E-state index contributed by atoms with van der Waals surface area (Å²) in [5.74, 6) is 0. The molecule has 11 aromatic rings. The summed E-state index contributed by atoms with van der Waals surface area (Å²) >= 11 is 0. The Kier molecular flexibility index (Phi) is 9.57. The van der Waals surface area contributed by atoms with Crippen LogP contribution < -0.4 is 4.90 Å². The maximum atomic E-state index is 2.41. The maximum absolute atomic E-state index is 2.41. The molecule has 0 N–H and O–H groups in total. The van der Waals surface area contributed by atoms with Gasteiger partial charge in [0.2, 0.25) is 0 Å². The summed E-state index contributed by atoms with van der Waals surface area (Å²) in [7, 11) is 0. The molecule has 0 saturated carbocycles. The zero-order chi connectivity index (χ0) is 41.2. The first kappa shape index (κ1) is 36.8. The molecule has 0 saturated heterocycles. The van der Waals surface area contributed by atoms with Crippen LogP contribution in [0.4, 0.5) is 17.1 Å². The van der Waals surface area contributed by atoms with Crippen LogP contribution in [0.2, 0.25) is 0 Å². The van der Waals surface area contributed by atoms with Gasteiger partial charge in [0, 0.05) is 33.5 Å². The zero-order valence-corrected chi connectivity index (χ0v) is 34.1. The fraction of sp³-hybridized carbons (Fsp3) is 0. The van der Waals surface area contributed by atoms with Crippen LogP contribution in [0, 0.1) is 0 Å². The van der Waals surface area contributed by atoms with Gasteiger partial charge in [0.1, 0.15) is 0 Å². The molecule has 1 aromatic heterocycles. The maximum Gasteiger partial charge on any atom is 0.0541 e. The molecular weight excluding hydrogens is 749 g/mol. The normalized spacial score (nSPS) is 11.2. The van der Waals surface area contributed by atoms with Gasteiger partial charge < -0.3 is 9.47 Å². The minimum absolute atomic E-state index is 1.11. The summed E-state index contributed by atoms with van der Waals surface area (Å²) in [6.45, 7) is 0. The molecule has 0 atom stereocenters. The fourth-order valence-electron chi connectivity index (χ4n) is 8.84. The van der Waals surface area contributed by atoms with Gasteiger partial charge in [-0.2, -0.15) is 0 Å². The minimum atomic E-state index is 1.11. The lowest BCUT2D eigenvalue weighted by Gasteiger charge is -2.26. The predicted octanol–water partition coefficient (Wildman–Crippen LogP) is 16.6. The molecule has 1 heterocycles. The highest BCUT2D eigenvalue weighted by molar-refractivity contribution is 6.11. The Morgan fingerprint density at radius 3 is 0.887 bits per heavy atom. The van der Waals surface area contributed by atoms with Gasteiger partial charge in [-0.25, -0.2) is 0 Å². The lowest BCUT2D eigenvalue weighted by Crippen LogP contribution is -2.09. The van der Waals surface area contributed by atoms with E-state index in [0.717, 1.165) is 22.7 Å². The van der Waals surface area contributed by atoms with E-state index in [0.29, 0.717) is 0 Å². The van der Waals surface area contributed by atoms with Crippen molar-refractivity contribution >= 4 is 38.9 Å². The van der Waals surface area contributed by atoms with Crippen LogP contribution in [0.1, 0.15) is 0 Å². The lowest BCUT2D eigenvalue weighted by atomic mass is 9.99. The van der Waals surface area contributed by atoms with Gasteiger partial charge in [-0.1, -0.05) is 182 Å². The van der Waals surface area contributed by atoms with E-state index in [1.165, 1.54) is 77.4 Å². The van der Waals surface area contributed by atoms with E-state index in [1.54, 1.807) is 0 Å². The molecule has 2 heteroatoms. The Hall–Kier alpha value is -8.20. The molecule has 0 bridgehead atoms. The molecule has 10 aromatic carbocycles. The fourth-order valence-corrected chi connectivity index (χ4v) is 8.84. The van der Waals surface area contributed by atoms with Crippen LogP contribution in [0.5, 0.6) is 0 Å². The van der Waals surface area contributed by atoms with E-state index >= 15 is 0 Å². The van der Waals surface area contributed by atoms with Gasteiger partial charge in [-0.05, 0) is 128 Å². The van der Waals surface area contributed by atoms with Gasteiger partial charge in [-0.15, -0.1) is 0 Å². The summed E-state index contributed by atoms with van der Waals surface area (Å²) in [4.78, 5) is 2.31. The van der Waals surface area contributed by atoms with Crippen LogP contribution in [0.15, 0.2) is 255 Å². The number of anilines is 3. The number of hydrogen-bond acceptors (Lipinski definition) is 1. The number of benzene rings is 10. The van der Waals surface area contributed by atoms with Crippen molar-refractivity contribution in [2.75, 3.05) is 4.90 Å². The number of aromatic nitrogens is 1. The Labute approximate surface area is 362 Å². The van der Waals surface area contributed by atoms with Crippen LogP contribution in [0.25, 0.3) is 83.1 Å². The lowest BCUT2D eigenvalue weighted by molar-refractivity contribution is 1.18. The Morgan fingerprint density at radius 2 is 0.500 bits per heavy atom. The molecule has 62 heavy (non-hydrogen) atoms. The first-order chi connectivity index (χ1) is 30.7. The molecule has 2 nitrogen and oxygen atoms in total. The zero-order valence-electron chi connectivity index (χ0n) is 34.1. The number of rotatable bonds is 9. The summed E-state index contributed by atoms with van der Waals surface area (Å²) < 4.78 is 2.41. The number of para-hydroxylation sites is 1. The third-order valence-electron chi connectivity index (χ3n) is 12.0.